The van der Waals surface area contributed by atoms with Crippen LogP contribution in [0.2, 0.25) is 0 Å². The van der Waals surface area contributed by atoms with Gasteiger partial charge in [-0.25, -0.2) is 0 Å². The van der Waals surface area contributed by atoms with Crippen molar-refractivity contribution in [3.63, 3.8) is 0 Å². The highest BCUT2D eigenvalue weighted by atomic mass is 32.1. The number of aryl methyl sites for hydroxylation is 2. The fourth-order valence-corrected chi connectivity index (χ4v) is 3.45. The quantitative estimate of drug-likeness (QED) is 0.628. The topological polar surface area (TPSA) is 0 Å². The van der Waals surface area contributed by atoms with Crippen LogP contribution in [0.25, 0.3) is 9.40 Å². The summed E-state index contributed by atoms with van der Waals surface area (Å²) in [5.74, 6) is 0. The highest BCUT2D eigenvalue weighted by Crippen LogP contribution is 2.33. The zero-order valence-electron chi connectivity index (χ0n) is 6.68. The summed E-state index contributed by atoms with van der Waals surface area (Å²) in [6, 6.07) is 2.32. The molecule has 2 heterocycles. The Morgan fingerprint density at radius 2 is 2.27 bits per heavy atom. The van der Waals surface area contributed by atoms with E-state index in [4.69, 9.17) is 0 Å². The first kappa shape index (κ1) is 7.32. The van der Waals surface area contributed by atoms with E-state index >= 15 is 0 Å². The minimum absolute atomic E-state index is 1.17. The van der Waals surface area contributed by atoms with E-state index < -0.39 is 0 Å². The van der Waals surface area contributed by atoms with Crippen molar-refractivity contribution < 1.29 is 0 Å². The van der Waals surface area contributed by atoms with Crippen molar-refractivity contribution >= 4 is 32.1 Å². The van der Waals surface area contributed by atoms with Crippen LogP contribution < -0.4 is 0 Å². The fraction of sp³-hybridized carbons (Fsp3) is 0.333. The molecule has 2 aromatic heterocycles. The van der Waals surface area contributed by atoms with Gasteiger partial charge in [0, 0.05) is 14.3 Å². The van der Waals surface area contributed by atoms with E-state index in [9.17, 15) is 0 Å². The molecule has 58 valence electrons. The average Bonchev–Trinajstić information content (AvgIpc) is 2.53. The summed E-state index contributed by atoms with van der Waals surface area (Å²) < 4.78 is 2.95. The summed E-state index contributed by atoms with van der Waals surface area (Å²) in [7, 11) is 0. The lowest BCUT2D eigenvalue weighted by Crippen LogP contribution is -1.64. The van der Waals surface area contributed by atoms with Gasteiger partial charge in [0.15, 0.2) is 0 Å². The molecule has 0 radical (unpaired) electrons. The van der Waals surface area contributed by atoms with Gasteiger partial charge in [-0.3, -0.25) is 0 Å². The Morgan fingerprint density at radius 1 is 1.45 bits per heavy atom. The van der Waals surface area contributed by atoms with Gasteiger partial charge in [0.05, 0.1) is 0 Å². The Morgan fingerprint density at radius 3 is 2.91 bits per heavy atom. The lowest BCUT2D eigenvalue weighted by Gasteiger charge is -1.82. The van der Waals surface area contributed by atoms with Crippen molar-refractivity contribution in [1.82, 2.24) is 0 Å². The van der Waals surface area contributed by atoms with Crippen LogP contribution in [-0.2, 0) is 6.42 Å². The zero-order chi connectivity index (χ0) is 7.84. The normalized spacial score (nSPS) is 11.1. The summed E-state index contributed by atoms with van der Waals surface area (Å²) in [6.07, 6.45) is 1.17. The second kappa shape index (κ2) is 2.61. The van der Waals surface area contributed by atoms with Crippen LogP contribution >= 0.6 is 22.7 Å². The molecule has 2 aromatic rings. The first-order chi connectivity index (χ1) is 5.31. The van der Waals surface area contributed by atoms with Crippen LogP contribution in [0.15, 0.2) is 11.4 Å². The predicted octanol–water partition coefficient (Wildman–Crippen LogP) is 3.83. The van der Waals surface area contributed by atoms with Gasteiger partial charge >= 0.3 is 0 Å². The molecule has 0 nitrogen and oxygen atoms in total. The molecule has 2 heteroatoms. The van der Waals surface area contributed by atoms with Crippen molar-refractivity contribution in [3.8, 4) is 0 Å². The summed E-state index contributed by atoms with van der Waals surface area (Å²) in [6.45, 7) is 4.40. The van der Waals surface area contributed by atoms with Crippen LogP contribution in [-0.4, -0.2) is 0 Å². The van der Waals surface area contributed by atoms with E-state index in [1.807, 2.05) is 22.7 Å². The zero-order valence-corrected chi connectivity index (χ0v) is 8.31. The molecule has 0 aliphatic carbocycles. The molecule has 0 aliphatic rings. The lowest BCUT2D eigenvalue weighted by atomic mass is 10.3. The minimum Gasteiger partial charge on any atom is -0.143 e. The molecule has 0 fully saturated rings. The number of hydrogen-bond donors (Lipinski definition) is 0. The van der Waals surface area contributed by atoms with Crippen LogP contribution in [0.1, 0.15) is 17.4 Å². The number of fused-ring (bicyclic) bond motifs is 1. The SMILES string of the molecule is CCc1cc2scc(C)c2s1. The largest absolute Gasteiger partial charge is 0.143 e. The molecule has 0 amide bonds. The average molecular weight is 182 g/mol. The standard InChI is InChI=1S/C9H10S2/c1-3-7-4-8-9(11-7)6(2)5-10-8/h4-5H,3H2,1-2H3. The monoisotopic (exact) mass is 182 g/mol. The molecule has 2 rings (SSSR count). The van der Waals surface area contributed by atoms with Gasteiger partial charge in [-0.1, -0.05) is 6.92 Å². The highest BCUT2D eigenvalue weighted by molar-refractivity contribution is 7.27. The Kier molecular flexibility index (Phi) is 1.74. The van der Waals surface area contributed by atoms with Crippen molar-refractivity contribution in [2.75, 3.05) is 0 Å². The first-order valence-electron chi connectivity index (χ1n) is 3.77. The van der Waals surface area contributed by atoms with E-state index in [1.165, 1.54) is 26.3 Å². The Balaban J connectivity index is 2.70. The van der Waals surface area contributed by atoms with E-state index in [2.05, 4.69) is 25.3 Å². The molecule has 11 heavy (non-hydrogen) atoms. The van der Waals surface area contributed by atoms with Crippen LogP contribution in [0.4, 0.5) is 0 Å². The van der Waals surface area contributed by atoms with Crippen LogP contribution in [0.5, 0.6) is 0 Å². The van der Waals surface area contributed by atoms with E-state index in [0.29, 0.717) is 0 Å². The van der Waals surface area contributed by atoms with Crippen molar-refractivity contribution in [2.24, 2.45) is 0 Å². The van der Waals surface area contributed by atoms with Gasteiger partial charge in [-0.2, -0.15) is 0 Å². The summed E-state index contributed by atoms with van der Waals surface area (Å²) in [4.78, 5) is 1.51. The second-order valence-corrected chi connectivity index (χ2v) is 4.73. The molecular formula is C9H10S2. The fourth-order valence-electron chi connectivity index (χ4n) is 1.16. The molecule has 0 bridgehead atoms. The highest BCUT2D eigenvalue weighted by Gasteiger charge is 2.03. The summed E-state index contributed by atoms with van der Waals surface area (Å²) in [5, 5.41) is 2.24. The number of rotatable bonds is 1. The van der Waals surface area contributed by atoms with Gasteiger partial charge in [-0.15, -0.1) is 22.7 Å². The van der Waals surface area contributed by atoms with Gasteiger partial charge in [0.1, 0.15) is 0 Å². The minimum atomic E-state index is 1.17. The van der Waals surface area contributed by atoms with Crippen molar-refractivity contribution in [3.05, 3.63) is 21.9 Å². The molecular weight excluding hydrogens is 172 g/mol. The maximum Gasteiger partial charge on any atom is 0.0482 e. The van der Waals surface area contributed by atoms with E-state index in [0.717, 1.165) is 0 Å². The lowest BCUT2D eigenvalue weighted by molar-refractivity contribution is 1.19. The van der Waals surface area contributed by atoms with Crippen LogP contribution in [0.3, 0.4) is 0 Å². The second-order valence-electron chi connectivity index (χ2n) is 2.68. The molecule has 0 aliphatic heterocycles. The molecule has 0 unspecified atom stereocenters. The maximum atomic E-state index is 2.32. The Bertz CT molecular complexity index is 368. The van der Waals surface area contributed by atoms with Crippen LogP contribution in [0, 0.1) is 6.92 Å². The molecule has 0 atom stereocenters. The Labute approximate surface area is 74.5 Å². The summed E-state index contributed by atoms with van der Waals surface area (Å²) in [5.41, 5.74) is 1.44. The van der Waals surface area contributed by atoms with Gasteiger partial charge in [0.2, 0.25) is 0 Å². The Hall–Kier alpha value is -0.340. The van der Waals surface area contributed by atoms with Gasteiger partial charge < -0.3 is 0 Å². The maximum absolute atomic E-state index is 2.32. The van der Waals surface area contributed by atoms with E-state index in [-0.39, 0.29) is 0 Å². The smallest absolute Gasteiger partial charge is 0.0482 e. The third kappa shape index (κ3) is 1.10. The number of thiophene rings is 2. The number of hydrogen-bond acceptors (Lipinski definition) is 2. The first-order valence-corrected chi connectivity index (χ1v) is 5.47. The molecule has 0 saturated carbocycles. The van der Waals surface area contributed by atoms with E-state index in [1.54, 1.807) is 0 Å². The van der Waals surface area contributed by atoms with Gasteiger partial charge in [-0.05, 0) is 30.4 Å². The third-order valence-electron chi connectivity index (χ3n) is 1.82. The molecule has 0 spiro atoms. The molecule has 0 saturated heterocycles. The summed E-state index contributed by atoms with van der Waals surface area (Å²) >= 11 is 3.80. The molecule has 0 aromatic carbocycles. The van der Waals surface area contributed by atoms with Crippen molar-refractivity contribution in [1.29, 1.82) is 0 Å². The molecule has 0 N–H and O–H groups in total. The van der Waals surface area contributed by atoms with Gasteiger partial charge in [0.25, 0.3) is 0 Å². The van der Waals surface area contributed by atoms with Crippen molar-refractivity contribution in [2.45, 2.75) is 20.3 Å². The third-order valence-corrected chi connectivity index (χ3v) is 4.41. The predicted molar refractivity (Wildman–Crippen MR) is 53.8 cm³/mol.